The van der Waals surface area contributed by atoms with Gasteiger partial charge >= 0.3 is 0 Å². The first kappa shape index (κ1) is 12.2. The third-order valence-electron chi connectivity index (χ3n) is 3.09. The minimum absolute atomic E-state index is 0.782. The lowest BCUT2D eigenvalue weighted by Crippen LogP contribution is -1.98. The van der Waals surface area contributed by atoms with Crippen LogP contribution in [0.25, 0.3) is 11.3 Å². The molecule has 0 saturated carbocycles. The Kier molecular flexibility index (Phi) is 3.68. The molecule has 1 aromatic heterocycles. The number of rotatable bonds is 4. The van der Waals surface area contributed by atoms with Crippen LogP contribution in [0.1, 0.15) is 22.7 Å². The molecule has 1 aliphatic rings. The van der Waals surface area contributed by atoms with Crippen molar-refractivity contribution in [2.24, 2.45) is 5.73 Å². The van der Waals surface area contributed by atoms with Gasteiger partial charge in [0.25, 0.3) is 0 Å². The minimum atomic E-state index is 0.782. The first-order chi connectivity index (χ1) is 8.88. The van der Waals surface area contributed by atoms with E-state index in [0.717, 1.165) is 31.6 Å². The summed E-state index contributed by atoms with van der Waals surface area (Å²) in [4.78, 5) is 7.62. The Morgan fingerprint density at radius 1 is 1.22 bits per heavy atom. The number of thiazole rings is 1. The number of fused-ring (bicyclic) bond motifs is 3. The molecule has 0 spiro atoms. The zero-order valence-electron chi connectivity index (χ0n) is 10.2. The Morgan fingerprint density at radius 3 is 3.00 bits per heavy atom. The average Bonchev–Trinajstić information content (AvgIpc) is 2.82. The van der Waals surface area contributed by atoms with Crippen molar-refractivity contribution in [3.05, 3.63) is 34.2 Å². The minimum Gasteiger partial charge on any atom is -0.330 e. The van der Waals surface area contributed by atoms with Crippen molar-refractivity contribution in [3.63, 3.8) is 0 Å². The van der Waals surface area contributed by atoms with E-state index in [4.69, 9.17) is 10.7 Å². The van der Waals surface area contributed by atoms with E-state index in [2.05, 4.69) is 24.3 Å². The van der Waals surface area contributed by atoms with Crippen molar-refractivity contribution in [3.8, 4) is 11.3 Å². The van der Waals surface area contributed by atoms with Crippen molar-refractivity contribution in [1.82, 2.24) is 4.98 Å². The van der Waals surface area contributed by atoms with Crippen LogP contribution in [0, 0.1) is 0 Å². The lowest BCUT2D eigenvalue weighted by atomic mass is 10.1. The van der Waals surface area contributed by atoms with Gasteiger partial charge in [-0.1, -0.05) is 18.2 Å². The second kappa shape index (κ2) is 5.43. The first-order valence-corrected chi connectivity index (χ1v) is 8.09. The van der Waals surface area contributed by atoms with Crippen LogP contribution in [0.4, 0.5) is 0 Å². The summed E-state index contributed by atoms with van der Waals surface area (Å²) >= 11 is 3.80. The third-order valence-corrected chi connectivity index (χ3v) is 5.49. The summed E-state index contributed by atoms with van der Waals surface area (Å²) < 4.78 is 0. The Balaban J connectivity index is 1.87. The SMILES string of the molecule is NCCCCc1nc2c(s1)CSc1ccccc1-2. The normalized spacial score (nSPS) is 13.2. The number of nitrogens with two attached hydrogens (primary N) is 1. The Morgan fingerprint density at radius 2 is 2.11 bits per heavy atom. The predicted molar refractivity (Wildman–Crippen MR) is 79.1 cm³/mol. The van der Waals surface area contributed by atoms with Crippen LogP contribution in [-0.4, -0.2) is 11.5 Å². The van der Waals surface area contributed by atoms with Crippen LogP contribution < -0.4 is 5.73 Å². The molecule has 0 unspecified atom stereocenters. The van der Waals surface area contributed by atoms with E-state index in [0.29, 0.717) is 0 Å². The number of hydrogen-bond acceptors (Lipinski definition) is 4. The summed E-state index contributed by atoms with van der Waals surface area (Å²) in [6.45, 7) is 0.782. The van der Waals surface area contributed by atoms with Crippen LogP contribution in [0.5, 0.6) is 0 Å². The number of benzene rings is 1. The van der Waals surface area contributed by atoms with Crippen molar-refractivity contribution in [2.75, 3.05) is 6.54 Å². The Labute approximate surface area is 116 Å². The summed E-state index contributed by atoms with van der Waals surface area (Å²) in [7, 11) is 0. The highest BCUT2D eigenvalue weighted by Gasteiger charge is 2.20. The number of unbranched alkanes of at least 4 members (excludes halogenated alkanes) is 1. The van der Waals surface area contributed by atoms with E-state index in [1.807, 2.05) is 23.1 Å². The van der Waals surface area contributed by atoms with E-state index in [-0.39, 0.29) is 0 Å². The first-order valence-electron chi connectivity index (χ1n) is 6.29. The molecule has 0 amide bonds. The zero-order chi connectivity index (χ0) is 12.4. The van der Waals surface area contributed by atoms with Crippen LogP contribution >= 0.6 is 23.1 Å². The highest BCUT2D eigenvalue weighted by atomic mass is 32.2. The van der Waals surface area contributed by atoms with Crippen LogP contribution in [0.2, 0.25) is 0 Å². The summed E-state index contributed by atoms with van der Waals surface area (Å²) in [6.07, 6.45) is 3.31. The summed E-state index contributed by atoms with van der Waals surface area (Å²) in [5.41, 5.74) is 8.06. The van der Waals surface area contributed by atoms with Gasteiger partial charge in [0, 0.05) is 21.1 Å². The topological polar surface area (TPSA) is 38.9 Å². The fourth-order valence-electron chi connectivity index (χ4n) is 2.17. The molecule has 2 aromatic rings. The lowest BCUT2D eigenvalue weighted by molar-refractivity contribution is 0.742. The Bertz CT molecular complexity index is 548. The molecule has 2 heterocycles. The van der Waals surface area contributed by atoms with Gasteiger partial charge in [-0.3, -0.25) is 0 Å². The van der Waals surface area contributed by atoms with Gasteiger partial charge in [-0.15, -0.1) is 23.1 Å². The molecule has 4 heteroatoms. The highest BCUT2D eigenvalue weighted by molar-refractivity contribution is 7.98. The van der Waals surface area contributed by atoms with E-state index < -0.39 is 0 Å². The summed E-state index contributed by atoms with van der Waals surface area (Å²) in [5, 5.41) is 1.27. The molecule has 0 aliphatic carbocycles. The molecule has 0 saturated heterocycles. The number of hydrogen-bond donors (Lipinski definition) is 1. The molecule has 3 rings (SSSR count). The lowest BCUT2D eigenvalue weighted by Gasteiger charge is -2.13. The van der Waals surface area contributed by atoms with Crippen LogP contribution in [-0.2, 0) is 12.2 Å². The molecule has 2 nitrogen and oxygen atoms in total. The van der Waals surface area contributed by atoms with E-state index in [1.165, 1.54) is 26.0 Å². The fourth-order valence-corrected chi connectivity index (χ4v) is 4.42. The largest absolute Gasteiger partial charge is 0.330 e. The van der Waals surface area contributed by atoms with Gasteiger partial charge < -0.3 is 5.73 Å². The average molecular weight is 276 g/mol. The van der Waals surface area contributed by atoms with Gasteiger partial charge in [-0.05, 0) is 31.9 Å². The molecule has 0 radical (unpaired) electrons. The van der Waals surface area contributed by atoms with Gasteiger partial charge in [0.2, 0.25) is 0 Å². The highest BCUT2D eigenvalue weighted by Crippen LogP contribution is 2.43. The van der Waals surface area contributed by atoms with Crippen LogP contribution in [0.3, 0.4) is 0 Å². The number of nitrogens with zero attached hydrogens (tertiary/aromatic N) is 1. The van der Waals surface area contributed by atoms with Crippen molar-refractivity contribution in [1.29, 1.82) is 0 Å². The van der Waals surface area contributed by atoms with E-state index >= 15 is 0 Å². The van der Waals surface area contributed by atoms with Crippen molar-refractivity contribution >= 4 is 23.1 Å². The molecule has 0 atom stereocenters. The van der Waals surface area contributed by atoms with Gasteiger partial charge in [0.1, 0.15) is 0 Å². The third kappa shape index (κ3) is 2.32. The van der Waals surface area contributed by atoms with E-state index in [1.54, 1.807) is 0 Å². The molecule has 2 N–H and O–H groups in total. The molecule has 1 aliphatic heterocycles. The second-order valence-electron chi connectivity index (χ2n) is 4.41. The molecular formula is C14H16N2S2. The van der Waals surface area contributed by atoms with Gasteiger partial charge in [0.15, 0.2) is 0 Å². The second-order valence-corrected chi connectivity index (χ2v) is 6.60. The maximum Gasteiger partial charge on any atom is 0.0935 e. The predicted octanol–water partition coefficient (Wildman–Crippen LogP) is 3.70. The molecule has 18 heavy (non-hydrogen) atoms. The summed E-state index contributed by atoms with van der Waals surface area (Å²) in [5.74, 6) is 1.07. The van der Waals surface area contributed by atoms with Gasteiger partial charge in [-0.25, -0.2) is 4.98 Å². The molecular weight excluding hydrogens is 260 g/mol. The number of aryl methyl sites for hydroxylation is 1. The smallest absolute Gasteiger partial charge is 0.0935 e. The molecule has 0 bridgehead atoms. The molecule has 94 valence electrons. The number of aromatic nitrogens is 1. The van der Waals surface area contributed by atoms with Crippen molar-refractivity contribution < 1.29 is 0 Å². The van der Waals surface area contributed by atoms with Crippen molar-refractivity contribution in [2.45, 2.75) is 29.9 Å². The monoisotopic (exact) mass is 276 g/mol. The number of thioether (sulfide) groups is 1. The fraction of sp³-hybridized carbons (Fsp3) is 0.357. The Hall–Kier alpha value is -0.840. The summed E-state index contributed by atoms with van der Waals surface area (Å²) in [6, 6.07) is 8.58. The standard InChI is InChI=1S/C14H16N2S2/c15-8-4-3-7-13-16-14-10-5-1-2-6-11(10)17-9-12(14)18-13/h1-2,5-6H,3-4,7-9,15H2. The molecule has 1 aromatic carbocycles. The maximum atomic E-state index is 5.53. The quantitative estimate of drug-likeness (QED) is 0.865. The zero-order valence-corrected chi connectivity index (χ0v) is 11.8. The maximum absolute atomic E-state index is 5.53. The van der Waals surface area contributed by atoms with Crippen LogP contribution in [0.15, 0.2) is 29.2 Å². The van der Waals surface area contributed by atoms with E-state index in [9.17, 15) is 0 Å². The molecule has 0 fully saturated rings. The van der Waals surface area contributed by atoms with Gasteiger partial charge in [-0.2, -0.15) is 0 Å². The van der Waals surface area contributed by atoms with Gasteiger partial charge in [0.05, 0.1) is 10.7 Å².